The van der Waals surface area contributed by atoms with Crippen molar-refractivity contribution >= 4 is 27.3 Å². The molecule has 3 aromatic rings. The van der Waals surface area contributed by atoms with Crippen LogP contribution in [0.25, 0.3) is 10.6 Å². The molecule has 26 heavy (non-hydrogen) atoms. The smallest absolute Gasteiger partial charge is 0.244 e. The van der Waals surface area contributed by atoms with Crippen LogP contribution in [0.4, 0.5) is 0 Å². The molecule has 0 fully saturated rings. The lowest BCUT2D eigenvalue weighted by molar-refractivity contribution is 0.379. The third-order valence-corrected chi connectivity index (χ3v) is 5.72. The highest BCUT2D eigenvalue weighted by Crippen LogP contribution is 2.47. The van der Waals surface area contributed by atoms with E-state index in [1.807, 2.05) is 35.7 Å². The Morgan fingerprint density at radius 2 is 2.27 bits per heavy atom. The van der Waals surface area contributed by atoms with Crippen LogP contribution < -0.4 is 15.2 Å². The monoisotopic (exact) mass is 428 g/mol. The minimum absolute atomic E-state index is 0.0705. The summed E-state index contributed by atoms with van der Waals surface area (Å²) in [5, 5.41) is 19.0. The van der Waals surface area contributed by atoms with Crippen molar-refractivity contribution in [3.63, 3.8) is 0 Å². The van der Waals surface area contributed by atoms with Crippen LogP contribution in [-0.4, -0.2) is 17.3 Å². The molecule has 0 unspecified atom stereocenters. The number of halogens is 1. The molecule has 130 valence electrons. The quantitative estimate of drug-likeness (QED) is 0.653. The molecule has 0 spiro atoms. The molecule has 0 bridgehead atoms. The van der Waals surface area contributed by atoms with Crippen LogP contribution >= 0.6 is 27.3 Å². The maximum atomic E-state index is 9.72. The van der Waals surface area contributed by atoms with Gasteiger partial charge >= 0.3 is 0 Å². The summed E-state index contributed by atoms with van der Waals surface area (Å²) in [7, 11) is 1.61. The van der Waals surface area contributed by atoms with E-state index >= 15 is 0 Å². The Kier molecular flexibility index (Phi) is 4.18. The fraction of sp³-hybridized carbons (Fsp3) is 0.111. The maximum Gasteiger partial charge on any atom is 0.244 e. The molecule has 3 N–H and O–H groups in total. The van der Waals surface area contributed by atoms with E-state index < -0.39 is 0 Å². The Hall–Kier alpha value is -2.76. The molecule has 1 atom stereocenters. The Morgan fingerprint density at radius 1 is 1.42 bits per heavy atom. The van der Waals surface area contributed by atoms with Crippen molar-refractivity contribution in [3.8, 4) is 28.3 Å². The highest BCUT2D eigenvalue weighted by Gasteiger charge is 2.36. The van der Waals surface area contributed by atoms with Crippen molar-refractivity contribution in [1.82, 2.24) is 10.2 Å². The molecule has 3 heterocycles. The van der Waals surface area contributed by atoms with Crippen LogP contribution in [0.5, 0.6) is 11.6 Å². The molecular formula is C18H13BrN4O2S. The van der Waals surface area contributed by atoms with Crippen molar-refractivity contribution in [2.75, 3.05) is 7.11 Å². The van der Waals surface area contributed by atoms with E-state index in [0.29, 0.717) is 17.2 Å². The topological polar surface area (TPSA) is 96.9 Å². The molecule has 0 aliphatic carbocycles. The van der Waals surface area contributed by atoms with Gasteiger partial charge in [-0.1, -0.05) is 12.1 Å². The average Bonchev–Trinajstić information content (AvgIpc) is 3.29. The van der Waals surface area contributed by atoms with Crippen molar-refractivity contribution in [3.05, 3.63) is 62.8 Å². The second kappa shape index (κ2) is 6.52. The third kappa shape index (κ3) is 2.57. The Balaban J connectivity index is 1.94. The van der Waals surface area contributed by atoms with E-state index in [2.05, 4.69) is 32.2 Å². The lowest BCUT2D eigenvalue weighted by atomic mass is 9.84. The van der Waals surface area contributed by atoms with Gasteiger partial charge in [-0.2, -0.15) is 5.26 Å². The number of nitrogens with zero attached hydrogens (tertiary/aromatic N) is 2. The van der Waals surface area contributed by atoms with Gasteiger partial charge in [0.2, 0.25) is 11.8 Å². The first-order valence-electron chi connectivity index (χ1n) is 7.67. The van der Waals surface area contributed by atoms with E-state index in [-0.39, 0.29) is 11.8 Å². The molecule has 1 aliphatic heterocycles. The number of rotatable bonds is 3. The first-order chi connectivity index (χ1) is 12.6. The van der Waals surface area contributed by atoms with Crippen molar-refractivity contribution in [1.29, 1.82) is 5.26 Å². The average molecular weight is 429 g/mol. The number of benzene rings is 1. The minimum Gasteiger partial charge on any atom is -0.496 e. The minimum atomic E-state index is -0.387. The van der Waals surface area contributed by atoms with Gasteiger partial charge in [0.1, 0.15) is 17.4 Å². The number of methoxy groups -OCH3 is 1. The number of hydrogen-bond donors (Lipinski definition) is 2. The van der Waals surface area contributed by atoms with Crippen molar-refractivity contribution in [2.24, 2.45) is 5.73 Å². The summed E-state index contributed by atoms with van der Waals surface area (Å²) in [6.07, 6.45) is 0. The number of H-pyrrole nitrogens is 1. The Labute approximate surface area is 162 Å². The van der Waals surface area contributed by atoms with E-state index in [1.165, 1.54) is 0 Å². The normalized spacial score (nSPS) is 16.0. The van der Waals surface area contributed by atoms with Crippen LogP contribution in [0.2, 0.25) is 0 Å². The van der Waals surface area contributed by atoms with E-state index in [0.717, 1.165) is 26.2 Å². The largest absolute Gasteiger partial charge is 0.496 e. The van der Waals surface area contributed by atoms with Gasteiger partial charge in [0, 0.05) is 0 Å². The van der Waals surface area contributed by atoms with Crippen LogP contribution in [0.1, 0.15) is 17.0 Å². The number of ether oxygens (including phenoxy) is 2. The SMILES string of the molecule is COc1ccc([C@@H]2C(C#N)=C(N)Oc3n[nH]c(-c4cccs4)c32)cc1Br. The van der Waals surface area contributed by atoms with E-state index in [9.17, 15) is 5.26 Å². The summed E-state index contributed by atoms with van der Waals surface area (Å²) in [5.74, 6) is 0.784. The van der Waals surface area contributed by atoms with Crippen LogP contribution in [0.15, 0.2) is 51.6 Å². The molecule has 0 amide bonds. The third-order valence-electron chi connectivity index (χ3n) is 4.22. The van der Waals surface area contributed by atoms with E-state index in [1.54, 1.807) is 18.4 Å². The summed E-state index contributed by atoms with van der Waals surface area (Å²) in [5.41, 5.74) is 8.87. The van der Waals surface area contributed by atoms with Gasteiger partial charge in [0.25, 0.3) is 0 Å². The molecule has 1 aromatic carbocycles. The van der Waals surface area contributed by atoms with Gasteiger partial charge in [-0.25, -0.2) is 0 Å². The van der Waals surface area contributed by atoms with Gasteiger partial charge in [-0.3, -0.25) is 5.10 Å². The number of hydrogen-bond acceptors (Lipinski definition) is 6. The summed E-state index contributed by atoms with van der Waals surface area (Å²) in [4.78, 5) is 1.01. The summed E-state index contributed by atoms with van der Waals surface area (Å²) in [6, 6.07) is 11.8. The fourth-order valence-corrected chi connectivity index (χ4v) is 4.34. The van der Waals surface area contributed by atoms with Gasteiger partial charge in [-0.05, 0) is 45.1 Å². The van der Waals surface area contributed by atoms with Gasteiger partial charge in [-0.15, -0.1) is 16.4 Å². The van der Waals surface area contributed by atoms with Crippen molar-refractivity contribution in [2.45, 2.75) is 5.92 Å². The molecule has 2 aromatic heterocycles. The molecule has 8 heteroatoms. The van der Waals surface area contributed by atoms with Crippen LogP contribution in [0, 0.1) is 11.3 Å². The summed E-state index contributed by atoms with van der Waals surface area (Å²) in [6.45, 7) is 0. The predicted octanol–water partition coefficient (Wildman–Crippen LogP) is 4.13. The van der Waals surface area contributed by atoms with Gasteiger partial charge < -0.3 is 15.2 Å². The number of allylic oxidation sites excluding steroid dienone is 1. The zero-order chi connectivity index (χ0) is 18.3. The molecular weight excluding hydrogens is 416 g/mol. The van der Waals surface area contributed by atoms with Crippen LogP contribution in [0.3, 0.4) is 0 Å². The number of nitrogens with one attached hydrogen (secondary N) is 1. The highest BCUT2D eigenvalue weighted by atomic mass is 79.9. The lowest BCUT2D eigenvalue weighted by Gasteiger charge is -2.24. The summed E-state index contributed by atoms with van der Waals surface area (Å²) < 4.78 is 11.7. The van der Waals surface area contributed by atoms with Gasteiger partial charge in [0.15, 0.2) is 0 Å². The summed E-state index contributed by atoms with van der Waals surface area (Å²) >= 11 is 5.09. The molecule has 4 rings (SSSR count). The lowest BCUT2D eigenvalue weighted by Crippen LogP contribution is -2.21. The second-order valence-corrected chi connectivity index (χ2v) is 7.42. The van der Waals surface area contributed by atoms with Crippen LogP contribution in [-0.2, 0) is 0 Å². The van der Waals surface area contributed by atoms with Crippen molar-refractivity contribution < 1.29 is 9.47 Å². The fourth-order valence-electron chi connectivity index (χ4n) is 3.05. The molecule has 1 aliphatic rings. The standard InChI is InChI=1S/C18H13BrN4O2S/c1-24-12-5-4-9(7-11(12)19)14-10(8-20)17(21)25-18-15(14)16(22-23-18)13-3-2-6-26-13/h2-7,14H,21H2,1H3,(H,22,23)/t14-/m1/s1. The zero-order valence-corrected chi connectivity index (χ0v) is 16.0. The molecule has 0 saturated heterocycles. The maximum absolute atomic E-state index is 9.72. The second-order valence-electron chi connectivity index (χ2n) is 5.61. The van der Waals surface area contributed by atoms with E-state index in [4.69, 9.17) is 15.2 Å². The molecule has 6 nitrogen and oxygen atoms in total. The molecule has 0 saturated carbocycles. The number of aromatic amines is 1. The number of aromatic nitrogens is 2. The Bertz CT molecular complexity index is 1050. The number of fused-ring (bicyclic) bond motifs is 1. The predicted molar refractivity (Wildman–Crippen MR) is 102 cm³/mol. The van der Waals surface area contributed by atoms with Gasteiger partial charge in [0.05, 0.1) is 33.6 Å². The number of thiophene rings is 1. The first-order valence-corrected chi connectivity index (χ1v) is 9.34. The molecule has 0 radical (unpaired) electrons. The number of nitrogens with two attached hydrogens (primary N) is 1. The highest BCUT2D eigenvalue weighted by molar-refractivity contribution is 9.10. The first kappa shape index (κ1) is 16.7. The number of nitriles is 1. The Morgan fingerprint density at radius 3 is 2.92 bits per heavy atom. The zero-order valence-electron chi connectivity index (χ0n) is 13.6.